The lowest BCUT2D eigenvalue weighted by molar-refractivity contribution is 0.251. The van der Waals surface area contributed by atoms with E-state index in [1.807, 2.05) is 0 Å². The van der Waals surface area contributed by atoms with Crippen LogP contribution in [0, 0.1) is 0 Å². The molecule has 0 amide bonds. The molecule has 1 rings (SSSR count). The van der Waals surface area contributed by atoms with Crippen LogP contribution in [0.15, 0.2) is 16.5 Å². The monoisotopic (exact) mass is 342 g/mol. The Morgan fingerprint density at radius 1 is 1.33 bits per heavy atom. The van der Waals surface area contributed by atoms with Gasteiger partial charge in [-0.15, -0.1) is 0 Å². The Balaban J connectivity index is 2.39. The Hall–Kier alpha value is -0.640. The van der Waals surface area contributed by atoms with Crippen LogP contribution in [-0.4, -0.2) is 32.5 Å². The van der Waals surface area contributed by atoms with Crippen molar-refractivity contribution >= 4 is 21.8 Å². The zero-order valence-electron chi connectivity index (χ0n) is 12.2. The van der Waals surface area contributed by atoms with Crippen molar-refractivity contribution in [1.29, 1.82) is 0 Å². The zero-order valence-corrected chi connectivity index (χ0v) is 13.8. The topological polar surface area (TPSA) is 71.3 Å². The Morgan fingerprint density at radius 3 is 2.52 bits per heavy atom. The number of furan rings is 1. The van der Waals surface area contributed by atoms with Crippen LogP contribution >= 0.6 is 11.8 Å². The standard InChI is InChI=1S/C12H20F2N2O3S2/c1-12(2,16-21(3,17)18)8-15-6-9-4-5-10(19-9)7-20-11(13)14/h4-5,11,15-16H,6-8H2,1-3H3. The molecule has 5 nitrogen and oxygen atoms in total. The van der Waals surface area contributed by atoms with Gasteiger partial charge in [-0.05, 0) is 26.0 Å². The van der Waals surface area contributed by atoms with Gasteiger partial charge >= 0.3 is 0 Å². The van der Waals surface area contributed by atoms with Gasteiger partial charge in [-0.1, -0.05) is 11.8 Å². The van der Waals surface area contributed by atoms with Crippen molar-refractivity contribution < 1.29 is 21.6 Å². The van der Waals surface area contributed by atoms with E-state index in [-0.39, 0.29) is 5.75 Å². The van der Waals surface area contributed by atoms with Crippen LogP contribution in [0.4, 0.5) is 8.78 Å². The van der Waals surface area contributed by atoms with E-state index in [0.29, 0.717) is 36.4 Å². The molecular formula is C12H20F2N2O3S2. The molecule has 0 atom stereocenters. The van der Waals surface area contributed by atoms with E-state index in [9.17, 15) is 17.2 Å². The quantitative estimate of drug-likeness (QED) is 0.719. The Labute approximate surface area is 127 Å². The van der Waals surface area contributed by atoms with Crippen LogP contribution in [-0.2, 0) is 22.3 Å². The molecule has 0 radical (unpaired) electrons. The molecule has 1 aromatic heterocycles. The molecule has 9 heteroatoms. The van der Waals surface area contributed by atoms with E-state index in [1.54, 1.807) is 26.0 Å². The fraction of sp³-hybridized carbons (Fsp3) is 0.667. The third kappa shape index (κ3) is 8.40. The van der Waals surface area contributed by atoms with Crippen LogP contribution < -0.4 is 10.0 Å². The molecule has 0 saturated carbocycles. The van der Waals surface area contributed by atoms with Crippen LogP contribution in [0.25, 0.3) is 0 Å². The molecule has 2 N–H and O–H groups in total. The molecule has 0 spiro atoms. The van der Waals surface area contributed by atoms with Gasteiger partial charge < -0.3 is 9.73 Å². The first-order valence-corrected chi connectivity index (χ1v) is 9.18. The highest BCUT2D eigenvalue weighted by Gasteiger charge is 2.21. The fourth-order valence-corrected chi connectivity index (χ4v) is 3.30. The van der Waals surface area contributed by atoms with Crippen molar-refractivity contribution in [3.05, 3.63) is 23.7 Å². The molecule has 0 bridgehead atoms. The van der Waals surface area contributed by atoms with E-state index in [2.05, 4.69) is 10.0 Å². The van der Waals surface area contributed by atoms with Crippen molar-refractivity contribution in [2.24, 2.45) is 0 Å². The minimum Gasteiger partial charge on any atom is -0.464 e. The maximum Gasteiger partial charge on any atom is 0.284 e. The van der Waals surface area contributed by atoms with Gasteiger partial charge in [-0.25, -0.2) is 13.1 Å². The second-order valence-corrected chi connectivity index (χ2v) is 8.03. The fourth-order valence-electron chi connectivity index (χ4n) is 1.78. The van der Waals surface area contributed by atoms with Crippen LogP contribution in [0.3, 0.4) is 0 Å². The summed E-state index contributed by atoms with van der Waals surface area (Å²) in [6.45, 7) is 4.32. The number of alkyl halides is 2. The average molecular weight is 342 g/mol. The first kappa shape index (κ1) is 18.4. The molecule has 0 aromatic carbocycles. The molecule has 21 heavy (non-hydrogen) atoms. The highest BCUT2D eigenvalue weighted by molar-refractivity contribution is 7.98. The summed E-state index contributed by atoms with van der Waals surface area (Å²) in [7, 11) is -3.28. The second-order valence-electron chi connectivity index (χ2n) is 5.30. The molecule has 0 saturated heterocycles. The predicted octanol–water partition coefficient (Wildman–Crippen LogP) is 2.15. The van der Waals surface area contributed by atoms with Gasteiger partial charge in [0, 0.05) is 12.1 Å². The van der Waals surface area contributed by atoms with E-state index in [4.69, 9.17) is 4.42 Å². The maximum atomic E-state index is 12.0. The van der Waals surface area contributed by atoms with E-state index in [1.165, 1.54) is 0 Å². The maximum absolute atomic E-state index is 12.0. The van der Waals surface area contributed by atoms with Gasteiger partial charge in [0.1, 0.15) is 11.5 Å². The molecular weight excluding hydrogens is 322 g/mol. The number of hydrogen-bond acceptors (Lipinski definition) is 5. The lowest BCUT2D eigenvalue weighted by Gasteiger charge is -2.25. The van der Waals surface area contributed by atoms with Crippen molar-refractivity contribution in [3.8, 4) is 0 Å². The second kappa shape index (κ2) is 7.57. The van der Waals surface area contributed by atoms with Crippen LogP contribution in [0.1, 0.15) is 25.4 Å². The smallest absolute Gasteiger partial charge is 0.284 e. The molecule has 0 aliphatic heterocycles. The number of rotatable bonds is 9. The summed E-state index contributed by atoms with van der Waals surface area (Å²) in [5.74, 6) is -1.18. The molecule has 122 valence electrons. The molecule has 0 aliphatic carbocycles. The summed E-state index contributed by atoms with van der Waals surface area (Å²) in [4.78, 5) is 0. The summed E-state index contributed by atoms with van der Waals surface area (Å²) in [5.41, 5.74) is -0.630. The third-order valence-electron chi connectivity index (χ3n) is 2.40. The first-order valence-electron chi connectivity index (χ1n) is 6.24. The summed E-state index contributed by atoms with van der Waals surface area (Å²) in [6.07, 6.45) is 1.11. The highest BCUT2D eigenvalue weighted by atomic mass is 32.2. The highest BCUT2D eigenvalue weighted by Crippen LogP contribution is 2.21. The van der Waals surface area contributed by atoms with Gasteiger partial charge in [0.25, 0.3) is 5.76 Å². The number of thioether (sulfide) groups is 1. The summed E-state index contributed by atoms with van der Waals surface area (Å²) in [5, 5.41) is 3.07. The summed E-state index contributed by atoms with van der Waals surface area (Å²) in [6, 6.07) is 3.37. The minimum absolute atomic E-state index is 0.124. The minimum atomic E-state index is -3.28. The molecule has 0 fully saturated rings. The predicted molar refractivity (Wildman–Crippen MR) is 79.8 cm³/mol. The number of halogens is 2. The largest absolute Gasteiger partial charge is 0.464 e. The Bertz CT molecular complexity index is 544. The van der Waals surface area contributed by atoms with Gasteiger partial charge in [0.2, 0.25) is 10.0 Å². The molecule has 1 heterocycles. The normalized spacial score (nSPS) is 13.0. The number of nitrogens with one attached hydrogen (secondary N) is 2. The van der Waals surface area contributed by atoms with Crippen LogP contribution in [0.2, 0.25) is 0 Å². The number of sulfonamides is 1. The Morgan fingerprint density at radius 2 is 1.95 bits per heavy atom. The van der Waals surface area contributed by atoms with Gasteiger partial charge in [0.05, 0.1) is 18.6 Å². The van der Waals surface area contributed by atoms with E-state index < -0.39 is 21.3 Å². The van der Waals surface area contributed by atoms with Gasteiger partial charge in [0.15, 0.2) is 0 Å². The third-order valence-corrected chi connectivity index (χ3v) is 4.02. The van der Waals surface area contributed by atoms with Crippen LogP contribution in [0.5, 0.6) is 0 Å². The van der Waals surface area contributed by atoms with Crippen molar-refractivity contribution in [1.82, 2.24) is 10.0 Å². The lowest BCUT2D eigenvalue weighted by atomic mass is 10.1. The molecule has 1 aromatic rings. The van der Waals surface area contributed by atoms with E-state index in [0.717, 1.165) is 6.26 Å². The average Bonchev–Trinajstić information content (AvgIpc) is 2.70. The first-order chi connectivity index (χ1) is 9.57. The molecule has 0 aliphatic rings. The van der Waals surface area contributed by atoms with Gasteiger partial charge in [-0.3, -0.25) is 0 Å². The zero-order chi connectivity index (χ0) is 16.1. The van der Waals surface area contributed by atoms with Crippen molar-refractivity contribution in [3.63, 3.8) is 0 Å². The van der Waals surface area contributed by atoms with Gasteiger partial charge in [-0.2, -0.15) is 8.78 Å². The van der Waals surface area contributed by atoms with E-state index >= 15 is 0 Å². The Kier molecular flexibility index (Phi) is 6.64. The lowest BCUT2D eigenvalue weighted by Crippen LogP contribution is -2.49. The summed E-state index contributed by atoms with van der Waals surface area (Å²) >= 11 is 0.508. The van der Waals surface area contributed by atoms with Crippen molar-refractivity contribution in [2.45, 2.75) is 37.4 Å². The van der Waals surface area contributed by atoms with Crippen molar-refractivity contribution in [2.75, 3.05) is 12.8 Å². The number of hydrogen-bond donors (Lipinski definition) is 2. The summed E-state index contributed by atoms with van der Waals surface area (Å²) < 4.78 is 54.4. The SMILES string of the molecule is CC(C)(CNCc1ccc(CSC(F)F)o1)NS(C)(=O)=O. The molecule has 0 unspecified atom stereocenters.